The first-order chi connectivity index (χ1) is 12.2. The Morgan fingerprint density at radius 2 is 1.85 bits per heavy atom. The number of carbonyl (C=O) groups excluding carboxylic acids is 1. The summed E-state index contributed by atoms with van der Waals surface area (Å²) in [5.74, 6) is 3.00. The van der Waals surface area contributed by atoms with Gasteiger partial charge in [-0.15, -0.1) is 0 Å². The van der Waals surface area contributed by atoms with Crippen LogP contribution in [0.2, 0.25) is 0 Å². The Morgan fingerprint density at radius 3 is 2.58 bits per heavy atom. The lowest BCUT2D eigenvalue weighted by Gasteiger charge is -2.60. The van der Waals surface area contributed by atoms with E-state index in [1.165, 1.54) is 37.9 Å². The zero-order valence-electron chi connectivity index (χ0n) is 16.8. The molecule has 0 bridgehead atoms. The summed E-state index contributed by atoms with van der Waals surface area (Å²) in [6.07, 6.45) is 9.63. The summed E-state index contributed by atoms with van der Waals surface area (Å²) >= 11 is 0. The number of rotatable bonds is 2. The minimum atomic E-state index is -0.502. The maximum atomic E-state index is 12.3. The highest BCUT2D eigenvalue weighted by Crippen LogP contribution is 2.68. The normalized spacial score (nSPS) is 53.5. The molecule has 1 heterocycles. The molecular weight excluding hydrogens is 322 g/mol. The Hall–Kier alpha value is -0.670. The summed E-state index contributed by atoms with van der Waals surface area (Å²) in [4.78, 5) is 14.8. The quantitative estimate of drug-likeness (QED) is 0.764. The standard InChI is InChI=1S/C23H35NO2/c1-21-7-4-16(25)13-20(21)15(14-24-10-11-24)12-17-18(21)5-8-22(2)19(17)6-9-23(22,3)26/h13,15,17-19,26H,4-12,14H2,1-3H3/t15-,17+,18-,19-,21+,22-,23-/m0/s1. The molecule has 0 aromatic rings. The van der Waals surface area contributed by atoms with Crippen LogP contribution in [0.1, 0.15) is 65.7 Å². The van der Waals surface area contributed by atoms with Gasteiger partial charge in [-0.05, 0) is 86.0 Å². The molecule has 0 aromatic heterocycles. The van der Waals surface area contributed by atoms with Crippen LogP contribution < -0.4 is 0 Å². The number of carbonyl (C=O) groups is 1. The molecule has 4 fully saturated rings. The van der Waals surface area contributed by atoms with Gasteiger partial charge >= 0.3 is 0 Å². The molecule has 5 aliphatic rings. The lowest BCUT2D eigenvalue weighted by molar-refractivity contribution is -0.128. The third-order valence-corrected chi connectivity index (χ3v) is 9.70. The van der Waals surface area contributed by atoms with Gasteiger partial charge in [-0.25, -0.2) is 0 Å². The fraction of sp³-hybridized carbons (Fsp3) is 0.870. The van der Waals surface area contributed by atoms with Crippen molar-refractivity contribution >= 4 is 5.78 Å². The van der Waals surface area contributed by atoms with Gasteiger partial charge in [0.1, 0.15) is 0 Å². The second-order valence-corrected chi connectivity index (χ2v) is 10.9. The third-order valence-electron chi connectivity index (χ3n) is 9.70. The largest absolute Gasteiger partial charge is 0.390 e. The first kappa shape index (κ1) is 17.4. The SMILES string of the molecule is C[C@]12CCC(=O)C=C1[C@H](CN1CC1)C[C@@H]1[C@@H]2CC[C@@]2(C)[C@H]1CC[C@]2(C)O. The monoisotopic (exact) mass is 357 g/mol. The summed E-state index contributed by atoms with van der Waals surface area (Å²) in [5.41, 5.74) is 1.29. The maximum absolute atomic E-state index is 12.3. The second-order valence-electron chi connectivity index (χ2n) is 10.9. The van der Waals surface area contributed by atoms with Crippen molar-refractivity contribution < 1.29 is 9.90 Å². The Labute approximate surface area is 158 Å². The molecule has 1 aliphatic heterocycles. The van der Waals surface area contributed by atoms with Crippen LogP contribution in [0, 0.1) is 34.5 Å². The van der Waals surface area contributed by atoms with Gasteiger partial charge in [0, 0.05) is 26.1 Å². The lowest BCUT2D eigenvalue weighted by Crippen LogP contribution is -2.56. The number of nitrogens with zero attached hydrogens (tertiary/aromatic N) is 1. The molecule has 3 saturated carbocycles. The van der Waals surface area contributed by atoms with E-state index in [0.717, 1.165) is 38.1 Å². The summed E-state index contributed by atoms with van der Waals surface area (Å²) in [6, 6.07) is 0. The highest BCUT2D eigenvalue weighted by atomic mass is 16.3. The lowest BCUT2D eigenvalue weighted by atomic mass is 9.45. The Bertz CT molecular complexity index is 663. The van der Waals surface area contributed by atoms with Gasteiger partial charge in [-0.1, -0.05) is 19.4 Å². The van der Waals surface area contributed by atoms with Gasteiger partial charge in [-0.2, -0.15) is 0 Å². The average Bonchev–Trinajstić information content (AvgIpc) is 3.35. The Kier molecular flexibility index (Phi) is 3.65. The summed E-state index contributed by atoms with van der Waals surface area (Å²) in [7, 11) is 0. The molecule has 1 N–H and O–H groups in total. The van der Waals surface area contributed by atoms with Gasteiger partial charge in [0.05, 0.1) is 5.60 Å². The van der Waals surface area contributed by atoms with Crippen LogP contribution in [0.5, 0.6) is 0 Å². The summed E-state index contributed by atoms with van der Waals surface area (Å²) < 4.78 is 0. The molecule has 1 saturated heterocycles. The highest BCUT2D eigenvalue weighted by Gasteiger charge is 2.63. The molecule has 4 aliphatic carbocycles. The number of aliphatic hydroxyl groups is 1. The molecule has 0 unspecified atom stereocenters. The van der Waals surface area contributed by atoms with E-state index in [2.05, 4.69) is 31.7 Å². The molecule has 144 valence electrons. The minimum Gasteiger partial charge on any atom is -0.390 e. The van der Waals surface area contributed by atoms with Crippen molar-refractivity contribution in [2.45, 2.75) is 71.3 Å². The van der Waals surface area contributed by atoms with Crippen LogP contribution in [0.25, 0.3) is 0 Å². The van der Waals surface area contributed by atoms with E-state index in [4.69, 9.17) is 0 Å². The highest BCUT2D eigenvalue weighted by molar-refractivity contribution is 5.91. The second kappa shape index (κ2) is 5.44. The van der Waals surface area contributed by atoms with E-state index in [-0.39, 0.29) is 10.8 Å². The van der Waals surface area contributed by atoms with Crippen LogP contribution >= 0.6 is 0 Å². The Balaban J connectivity index is 1.53. The van der Waals surface area contributed by atoms with Crippen molar-refractivity contribution in [3.8, 4) is 0 Å². The molecule has 0 amide bonds. The van der Waals surface area contributed by atoms with Crippen molar-refractivity contribution in [1.82, 2.24) is 4.90 Å². The molecule has 0 aromatic carbocycles. The zero-order valence-corrected chi connectivity index (χ0v) is 16.8. The predicted molar refractivity (Wildman–Crippen MR) is 103 cm³/mol. The molecule has 0 radical (unpaired) electrons. The molecule has 7 atom stereocenters. The molecular formula is C23H35NO2. The summed E-state index contributed by atoms with van der Waals surface area (Å²) in [5, 5.41) is 11.1. The number of fused-ring (bicyclic) bond motifs is 5. The van der Waals surface area contributed by atoms with Crippen molar-refractivity contribution in [2.24, 2.45) is 34.5 Å². The molecule has 3 nitrogen and oxygen atoms in total. The fourth-order valence-electron chi connectivity index (χ4n) is 7.77. The predicted octanol–water partition coefficient (Wildman–Crippen LogP) is 3.81. The van der Waals surface area contributed by atoms with Gasteiger partial charge in [0.15, 0.2) is 5.78 Å². The third kappa shape index (κ3) is 2.29. The maximum Gasteiger partial charge on any atom is 0.155 e. The van der Waals surface area contributed by atoms with Gasteiger partial charge in [0.2, 0.25) is 0 Å². The topological polar surface area (TPSA) is 40.3 Å². The van der Waals surface area contributed by atoms with E-state index in [1.54, 1.807) is 0 Å². The van der Waals surface area contributed by atoms with Crippen LogP contribution in [0.4, 0.5) is 0 Å². The zero-order chi connectivity index (χ0) is 18.3. The number of hydrogen-bond acceptors (Lipinski definition) is 3. The van der Waals surface area contributed by atoms with Crippen LogP contribution in [-0.4, -0.2) is 41.0 Å². The first-order valence-corrected chi connectivity index (χ1v) is 10.9. The van der Waals surface area contributed by atoms with Crippen LogP contribution in [0.15, 0.2) is 11.6 Å². The van der Waals surface area contributed by atoms with Crippen molar-refractivity contribution in [3.05, 3.63) is 11.6 Å². The van der Waals surface area contributed by atoms with E-state index < -0.39 is 5.60 Å². The van der Waals surface area contributed by atoms with E-state index in [1.807, 2.05) is 0 Å². The van der Waals surface area contributed by atoms with Gasteiger partial charge in [-0.3, -0.25) is 4.79 Å². The van der Waals surface area contributed by atoms with Crippen LogP contribution in [-0.2, 0) is 4.79 Å². The van der Waals surface area contributed by atoms with E-state index in [0.29, 0.717) is 23.5 Å². The number of ketones is 1. The number of hydrogen-bond donors (Lipinski definition) is 1. The molecule has 0 spiro atoms. The van der Waals surface area contributed by atoms with Gasteiger partial charge in [0.25, 0.3) is 0 Å². The van der Waals surface area contributed by atoms with Crippen LogP contribution in [0.3, 0.4) is 0 Å². The average molecular weight is 358 g/mol. The Morgan fingerprint density at radius 1 is 1.12 bits per heavy atom. The van der Waals surface area contributed by atoms with Gasteiger partial charge < -0.3 is 10.0 Å². The molecule has 5 rings (SSSR count). The first-order valence-electron chi connectivity index (χ1n) is 10.9. The van der Waals surface area contributed by atoms with Crippen molar-refractivity contribution in [2.75, 3.05) is 19.6 Å². The van der Waals surface area contributed by atoms with Crippen molar-refractivity contribution in [1.29, 1.82) is 0 Å². The minimum absolute atomic E-state index is 0.0840. The van der Waals surface area contributed by atoms with E-state index >= 15 is 0 Å². The van der Waals surface area contributed by atoms with E-state index in [9.17, 15) is 9.90 Å². The summed E-state index contributed by atoms with van der Waals surface area (Å²) in [6.45, 7) is 10.6. The smallest absolute Gasteiger partial charge is 0.155 e. The van der Waals surface area contributed by atoms with Crippen molar-refractivity contribution in [3.63, 3.8) is 0 Å². The fourth-order valence-corrected chi connectivity index (χ4v) is 7.77. The molecule has 3 heteroatoms. The molecule has 26 heavy (non-hydrogen) atoms.